The van der Waals surface area contributed by atoms with Crippen LogP contribution in [0, 0.1) is 0 Å². The first-order valence-electron chi connectivity index (χ1n) is 7.65. The van der Waals surface area contributed by atoms with Crippen molar-refractivity contribution < 1.29 is 4.79 Å². The molecule has 0 spiro atoms. The summed E-state index contributed by atoms with van der Waals surface area (Å²) in [6.07, 6.45) is 0. The molecule has 128 valence electrons. The monoisotopic (exact) mass is 417 g/mol. The second-order valence-corrected chi connectivity index (χ2v) is 7.59. The summed E-state index contributed by atoms with van der Waals surface area (Å²) in [5.41, 5.74) is 1.85. The highest BCUT2D eigenvalue weighted by atomic mass is 79.9. The van der Waals surface area contributed by atoms with E-state index in [1.54, 1.807) is 4.68 Å². The Morgan fingerprint density at radius 2 is 2.04 bits per heavy atom. The van der Waals surface area contributed by atoms with Crippen molar-refractivity contribution in [2.24, 2.45) is 0 Å². The summed E-state index contributed by atoms with van der Waals surface area (Å²) in [6.45, 7) is 2.40. The molecule has 0 saturated carbocycles. The minimum atomic E-state index is -0.334. The van der Waals surface area contributed by atoms with Crippen molar-refractivity contribution in [1.29, 1.82) is 0 Å². The summed E-state index contributed by atoms with van der Waals surface area (Å²) in [7, 11) is 0. The molecule has 1 aromatic heterocycles. The van der Waals surface area contributed by atoms with E-state index in [1.165, 1.54) is 11.8 Å². The van der Waals surface area contributed by atoms with Crippen LogP contribution < -0.4 is 5.32 Å². The third-order valence-electron chi connectivity index (χ3n) is 3.42. The number of rotatable bonds is 6. The molecule has 0 radical (unpaired) electrons. The molecule has 1 amide bonds. The fraction of sp³-hybridized carbons (Fsp3) is 0.176. The highest BCUT2D eigenvalue weighted by Gasteiger charge is 2.19. The molecule has 1 unspecified atom stereocenters. The molecule has 3 rings (SSSR count). The summed E-state index contributed by atoms with van der Waals surface area (Å²) < 4.78 is 2.61. The van der Waals surface area contributed by atoms with Crippen LogP contribution in [0.4, 0.5) is 5.69 Å². The first-order chi connectivity index (χ1) is 12.1. The molecule has 1 heterocycles. The number of tetrazole rings is 1. The Balaban J connectivity index is 1.64. The topological polar surface area (TPSA) is 72.7 Å². The third kappa shape index (κ3) is 4.90. The Labute approximate surface area is 158 Å². The zero-order valence-electron chi connectivity index (χ0n) is 13.5. The molecule has 0 bridgehead atoms. The maximum Gasteiger partial charge on any atom is 0.237 e. The lowest BCUT2D eigenvalue weighted by molar-refractivity contribution is -0.115. The average molecular weight is 418 g/mol. The lowest BCUT2D eigenvalue weighted by Crippen LogP contribution is -2.23. The van der Waals surface area contributed by atoms with Crippen LogP contribution in [0.5, 0.6) is 0 Å². The molecule has 0 aliphatic heterocycles. The van der Waals surface area contributed by atoms with Gasteiger partial charge in [0.25, 0.3) is 0 Å². The lowest BCUT2D eigenvalue weighted by atomic mass is 10.2. The number of hydrogen-bond acceptors (Lipinski definition) is 5. The van der Waals surface area contributed by atoms with Crippen LogP contribution in [-0.4, -0.2) is 31.4 Å². The average Bonchev–Trinajstić information content (AvgIpc) is 3.02. The Morgan fingerprint density at radius 1 is 1.24 bits per heavy atom. The van der Waals surface area contributed by atoms with E-state index in [4.69, 9.17) is 0 Å². The number of amides is 1. The van der Waals surface area contributed by atoms with Crippen LogP contribution in [0.2, 0.25) is 0 Å². The molecule has 8 heteroatoms. The number of nitrogens with one attached hydrogen (secondary N) is 1. The minimum absolute atomic E-state index is 0.0997. The van der Waals surface area contributed by atoms with Crippen molar-refractivity contribution >= 4 is 39.3 Å². The normalized spacial score (nSPS) is 11.9. The first kappa shape index (κ1) is 17.6. The SMILES string of the molecule is CC(Sc1nnnn1Cc1ccccc1)C(=O)Nc1cccc(Br)c1. The largest absolute Gasteiger partial charge is 0.325 e. The highest BCUT2D eigenvalue weighted by Crippen LogP contribution is 2.23. The van der Waals surface area contributed by atoms with Gasteiger partial charge in [0, 0.05) is 10.2 Å². The van der Waals surface area contributed by atoms with Gasteiger partial charge in [-0.15, -0.1) is 5.10 Å². The van der Waals surface area contributed by atoms with Crippen LogP contribution >= 0.6 is 27.7 Å². The van der Waals surface area contributed by atoms with Gasteiger partial charge >= 0.3 is 0 Å². The number of aromatic nitrogens is 4. The molecular formula is C17H16BrN5OS. The van der Waals surface area contributed by atoms with E-state index in [0.29, 0.717) is 11.7 Å². The van der Waals surface area contributed by atoms with Crippen LogP contribution in [0.1, 0.15) is 12.5 Å². The zero-order valence-corrected chi connectivity index (χ0v) is 15.9. The van der Waals surface area contributed by atoms with Gasteiger partial charge in [-0.2, -0.15) is 0 Å². The van der Waals surface area contributed by atoms with E-state index >= 15 is 0 Å². The van der Waals surface area contributed by atoms with E-state index in [9.17, 15) is 4.79 Å². The molecular weight excluding hydrogens is 402 g/mol. The van der Waals surface area contributed by atoms with Crippen LogP contribution in [0.15, 0.2) is 64.2 Å². The van der Waals surface area contributed by atoms with E-state index in [0.717, 1.165) is 15.7 Å². The molecule has 6 nitrogen and oxygen atoms in total. The van der Waals surface area contributed by atoms with Gasteiger partial charge in [-0.3, -0.25) is 4.79 Å². The number of halogens is 1. The minimum Gasteiger partial charge on any atom is -0.325 e. The number of carbonyl (C=O) groups excluding carboxylic acids is 1. The van der Waals surface area contributed by atoms with Gasteiger partial charge in [0.15, 0.2) is 0 Å². The smallest absolute Gasteiger partial charge is 0.237 e. The van der Waals surface area contributed by atoms with Crippen LogP contribution in [0.3, 0.4) is 0 Å². The molecule has 0 aliphatic carbocycles. The van der Waals surface area contributed by atoms with E-state index in [1.807, 2.05) is 61.5 Å². The number of anilines is 1. The molecule has 1 atom stereocenters. The third-order valence-corrected chi connectivity index (χ3v) is 4.98. The molecule has 3 aromatic rings. The first-order valence-corrected chi connectivity index (χ1v) is 9.32. The predicted molar refractivity (Wildman–Crippen MR) is 101 cm³/mol. The number of benzene rings is 2. The van der Waals surface area contributed by atoms with Gasteiger partial charge in [0.2, 0.25) is 11.1 Å². The number of nitrogens with zero attached hydrogens (tertiary/aromatic N) is 4. The Morgan fingerprint density at radius 3 is 2.80 bits per heavy atom. The fourth-order valence-corrected chi connectivity index (χ4v) is 3.35. The summed E-state index contributed by atoms with van der Waals surface area (Å²) in [4.78, 5) is 12.4. The number of carbonyl (C=O) groups is 1. The van der Waals surface area contributed by atoms with Crippen molar-refractivity contribution in [1.82, 2.24) is 20.2 Å². The molecule has 0 saturated heterocycles. The second kappa shape index (κ2) is 8.26. The maximum atomic E-state index is 12.4. The summed E-state index contributed by atoms with van der Waals surface area (Å²) in [6, 6.07) is 17.4. The van der Waals surface area contributed by atoms with E-state index in [-0.39, 0.29) is 11.2 Å². The van der Waals surface area contributed by atoms with Gasteiger partial charge < -0.3 is 5.32 Å². The van der Waals surface area contributed by atoms with Crippen molar-refractivity contribution in [2.75, 3.05) is 5.32 Å². The highest BCUT2D eigenvalue weighted by molar-refractivity contribution is 9.10. The van der Waals surface area contributed by atoms with Crippen molar-refractivity contribution in [3.05, 3.63) is 64.6 Å². The number of thioether (sulfide) groups is 1. The Kier molecular flexibility index (Phi) is 5.83. The van der Waals surface area contributed by atoms with Crippen molar-refractivity contribution in [3.8, 4) is 0 Å². The standard InChI is InChI=1S/C17H16BrN5OS/c1-12(16(24)19-15-9-5-8-14(18)10-15)25-17-20-21-22-23(17)11-13-6-3-2-4-7-13/h2-10,12H,11H2,1H3,(H,19,24). The summed E-state index contributed by atoms with van der Waals surface area (Å²) in [5, 5.41) is 15.0. The van der Waals surface area contributed by atoms with Crippen LogP contribution in [0.25, 0.3) is 0 Å². The van der Waals surface area contributed by atoms with Gasteiger partial charge in [-0.05, 0) is 41.1 Å². The maximum absolute atomic E-state index is 12.4. The second-order valence-electron chi connectivity index (χ2n) is 5.36. The molecule has 25 heavy (non-hydrogen) atoms. The fourth-order valence-electron chi connectivity index (χ4n) is 2.16. The summed E-state index contributed by atoms with van der Waals surface area (Å²) >= 11 is 4.72. The number of hydrogen-bond donors (Lipinski definition) is 1. The Hall–Kier alpha value is -2.19. The van der Waals surface area contributed by atoms with Crippen molar-refractivity contribution in [2.45, 2.75) is 23.9 Å². The Bertz CT molecular complexity index is 855. The predicted octanol–water partition coefficient (Wildman–Crippen LogP) is 3.60. The zero-order chi connectivity index (χ0) is 17.6. The van der Waals surface area contributed by atoms with Crippen molar-refractivity contribution in [3.63, 3.8) is 0 Å². The molecule has 0 aliphatic rings. The van der Waals surface area contributed by atoms with Gasteiger partial charge in [0.05, 0.1) is 11.8 Å². The molecule has 2 aromatic carbocycles. The van der Waals surface area contributed by atoms with Crippen LogP contribution in [-0.2, 0) is 11.3 Å². The quantitative estimate of drug-likeness (QED) is 0.620. The molecule has 0 fully saturated rings. The molecule has 1 N–H and O–H groups in total. The lowest BCUT2D eigenvalue weighted by Gasteiger charge is -2.12. The van der Waals surface area contributed by atoms with E-state index in [2.05, 4.69) is 36.8 Å². The van der Waals surface area contributed by atoms with E-state index < -0.39 is 0 Å². The van der Waals surface area contributed by atoms with Gasteiger partial charge in [-0.25, -0.2) is 4.68 Å². The summed E-state index contributed by atoms with van der Waals surface area (Å²) in [5.74, 6) is -0.0997. The van der Waals surface area contributed by atoms with Gasteiger partial charge in [0.1, 0.15) is 0 Å². The van der Waals surface area contributed by atoms with Gasteiger partial charge in [-0.1, -0.05) is 64.1 Å².